The van der Waals surface area contributed by atoms with Crippen LogP contribution in [-0.2, 0) is 22.0 Å². The van der Waals surface area contributed by atoms with Crippen LogP contribution in [0.5, 0.6) is 0 Å². The van der Waals surface area contributed by atoms with Gasteiger partial charge >= 0.3 is 0 Å². The van der Waals surface area contributed by atoms with Gasteiger partial charge in [-0.1, -0.05) is 43.7 Å². The lowest BCUT2D eigenvalue weighted by molar-refractivity contribution is 0.0938. The monoisotopic (exact) mass is 513 g/mol. The van der Waals surface area contributed by atoms with Gasteiger partial charge in [0.15, 0.2) is 0 Å². The van der Waals surface area contributed by atoms with Gasteiger partial charge in [0.25, 0.3) is 5.91 Å². The first-order valence-corrected chi connectivity index (χ1v) is 13.9. The Morgan fingerprint density at radius 2 is 1.86 bits per heavy atom. The van der Waals surface area contributed by atoms with Crippen LogP contribution in [0.3, 0.4) is 0 Å². The third-order valence-corrected chi connectivity index (χ3v) is 7.10. The molecule has 9 nitrogen and oxygen atoms in total. The van der Waals surface area contributed by atoms with E-state index in [2.05, 4.69) is 15.5 Å². The standard InChI is InChI=1S/C26H35N5O4S/c1-6-11-18(3)28-23(32)20-14-21(16-22(15-20)31(7-2)36(5,33)34)24-29-30-25(35-24)26(4,27)17-19-12-9-8-10-13-19/h8-10,12-16,18H,6-7,11,17,27H2,1-5H3,(H,28,32)/t18?,26-/m1/s1. The van der Waals surface area contributed by atoms with E-state index in [1.165, 1.54) is 4.31 Å². The minimum atomic E-state index is -3.58. The number of hydrogen-bond donors (Lipinski definition) is 2. The van der Waals surface area contributed by atoms with Crippen molar-refractivity contribution >= 4 is 21.6 Å². The maximum absolute atomic E-state index is 13.0. The summed E-state index contributed by atoms with van der Waals surface area (Å²) >= 11 is 0. The second-order valence-corrected chi connectivity index (χ2v) is 11.3. The van der Waals surface area contributed by atoms with Gasteiger partial charge in [0.05, 0.1) is 17.5 Å². The van der Waals surface area contributed by atoms with E-state index < -0.39 is 15.6 Å². The first-order valence-electron chi connectivity index (χ1n) is 12.1. The SMILES string of the molecule is CCCC(C)NC(=O)c1cc(-c2nnc([C@](C)(N)Cc3ccccc3)o2)cc(N(CC)S(C)(=O)=O)c1. The number of nitrogens with zero attached hydrogens (tertiary/aromatic N) is 3. The Bertz CT molecular complexity index is 1290. The lowest BCUT2D eigenvalue weighted by atomic mass is 9.94. The van der Waals surface area contributed by atoms with Crippen molar-refractivity contribution in [3.8, 4) is 11.5 Å². The molecule has 10 heteroatoms. The topological polar surface area (TPSA) is 131 Å². The zero-order valence-corrected chi connectivity index (χ0v) is 22.3. The van der Waals surface area contributed by atoms with Gasteiger partial charge < -0.3 is 15.5 Å². The summed E-state index contributed by atoms with van der Waals surface area (Å²) < 4.78 is 32.0. The number of carbonyl (C=O) groups excluding carboxylic acids is 1. The van der Waals surface area contributed by atoms with Gasteiger partial charge in [0, 0.05) is 23.7 Å². The van der Waals surface area contributed by atoms with Gasteiger partial charge in [-0.15, -0.1) is 10.2 Å². The molecule has 3 N–H and O–H groups in total. The molecular formula is C26H35N5O4S. The molecule has 36 heavy (non-hydrogen) atoms. The molecule has 0 aliphatic heterocycles. The number of rotatable bonds is 11. The van der Waals surface area contributed by atoms with Gasteiger partial charge in [0.2, 0.25) is 21.8 Å². The van der Waals surface area contributed by atoms with Crippen molar-refractivity contribution in [1.29, 1.82) is 0 Å². The molecule has 0 fully saturated rings. The molecule has 2 atom stereocenters. The van der Waals surface area contributed by atoms with Crippen LogP contribution in [0.15, 0.2) is 52.9 Å². The van der Waals surface area contributed by atoms with Crippen molar-refractivity contribution in [3.63, 3.8) is 0 Å². The second-order valence-electron chi connectivity index (χ2n) is 9.35. The fraction of sp³-hybridized carbons (Fsp3) is 0.423. The smallest absolute Gasteiger partial charge is 0.251 e. The zero-order chi connectivity index (χ0) is 26.5. The molecule has 1 heterocycles. The molecule has 3 rings (SSSR count). The largest absolute Gasteiger partial charge is 0.419 e. The molecule has 0 aliphatic carbocycles. The highest BCUT2D eigenvalue weighted by Gasteiger charge is 2.29. The van der Waals surface area contributed by atoms with Crippen molar-refractivity contribution in [2.45, 2.75) is 58.5 Å². The molecule has 0 spiro atoms. The number of nitrogens with two attached hydrogens (primary N) is 1. The van der Waals surface area contributed by atoms with Gasteiger partial charge in [0.1, 0.15) is 0 Å². The third-order valence-electron chi connectivity index (χ3n) is 5.83. The van der Waals surface area contributed by atoms with Crippen LogP contribution in [0.1, 0.15) is 62.3 Å². The van der Waals surface area contributed by atoms with Crippen molar-refractivity contribution < 1.29 is 17.6 Å². The van der Waals surface area contributed by atoms with Crippen molar-refractivity contribution in [3.05, 3.63) is 65.5 Å². The van der Waals surface area contributed by atoms with Crippen LogP contribution >= 0.6 is 0 Å². The summed E-state index contributed by atoms with van der Waals surface area (Å²) in [4.78, 5) is 13.0. The number of nitrogens with one attached hydrogen (secondary N) is 1. The molecule has 194 valence electrons. The first kappa shape index (κ1) is 27.3. The highest BCUT2D eigenvalue weighted by molar-refractivity contribution is 7.92. The van der Waals surface area contributed by atoms with E-state index in [9.17, 15) is 13.2 Å². The van der Waals surface area contributed by atoms with E-state index >= 15 is 0 Å². The predicted molar refractivity (Wildman–Crippen MR) is 141 cm³/mol. The molecule has 0 saturated carbocycles. The highest BCUT2D eigenvalue weighted by Crippen LogP contribution is 2.30. The van der Waals surface area contributed by atoms with E-state index in [1.807, 2.05) is 51.1 Å². The van der Waals surface area contributed by atoms with E-state index in [1.54, 1.807) is 25.1 Å². The van der Waals surface area contributed by atoms with Gasteiger partial charge in [-0.3, -0.25) is 9.10 Å². The summed E-state index contributed by atoms with van der Waals surface area (Å²) in [6, 6.07) is 14.5. The van der Waals surface area contributed by atoms with Crippen molar-refractivity contribution in [2.24, 2.45) is 5.73 Å². The average Bonchev–Trinajstić information content (AvgIpc) is 3.30. The van der Waals surface area contributed by atoms with Crippen LogP contribution < -0.4 is 15.4 Å². The summed E-state index contributed by atoms with van der Waals surface area (Å²) in [5.74, 6) is 0.0812. The second kappa shape index (κ2) is 11.2. The van der Waals surface area contributed by atoms with Gasteiger partial charge in [-0.25, -0.2) is 8.42 Å². The molecule has 0 aliphatic rings. The molecule has 0 bridgehead atoms. The van der Waals surface area contributed by atoms with Crippen LogP contribution in [0.4, 0.5) is 5.69 Å². The Hall–Kier alpha value is -3.24. The number of benzene rings is 2. The first-order chi connectivity index (χ1) is 16.9. The lowest BCUT2D eigenvalue weighted by Gasteiger charge is -2.22. The summed E-state index contributed by atoms with van der Waals surface area (Å²) in [6.45, 7) is 7.71. The Morgan fingerprint density at radius 1 is 1.17 bits per heavy atom. The molecule has 2 aromatic carbocycles. The van der Waals surface area contributed by atoms with Gasteiger partial charge in [-0.05, 0) is 57.4 Å². The molecule has 1 aromatic heterocycles. The Labute approximate surface area is 213 Å². The molecule has 0 radical (unpaired) electrons. The van der Waals surface area contributed by atoms with Gasteiger partial charge in [-0.2, -0.15) is 0 Å². The molecule has 1 unspecified atom stereocenters. The minimum Gasteiger partial charge on any atom is -0.419 e. The number of hydrogen-bond acceptors (Lipinski definition) is 7. The average molecular weight is 514 g/mol. The van der Waals surface area contributed by atoms with E-state index in [4.69, 9.17) is 10.2 Å². The normalized spacial score (nSPS) is 14.2. The lowest BCUT2D eigenvalue weighted by Crippen LogP contribution is -2.35. The summed E-state index contributed by atoms with van der Waals surface area (Å²) in [7, 11) is -3.58. The maximum atomic E-state index is 13.0. The van der Waals surface area contributed by atoms with Crippen LogP contribution in [0.25, 0.3) is 11.5 Å². The zero-order valence-electron chi connectivity index (χ0n) is 21.5. The Balaban J connectivity index is 2.02. The number of aromatic nitrogens is 2. The molecular weight excluding hydrogens is 478 g/mol. The van der Waals surface area contributed by atoms with Crippen LogP contribution in [0.2, 0.25) is 0 Å². The predicted octanol–water partition coefficient (Wildman–Crippen LogP) is 3.86. The summed E-state index contributed by atoms with van der Waals surface area (Å²) in [5.41, 5.74) is 7.69. The van der Waals surface area contributed by atoms with Crippen LogP contribution in [0, 0.1) is 0 Å². The third kappa shape index (κ3) is 6.70. The van der Waals surface area contributed by atoms with Crippen molar-refractivity contribution in [1.82, 2.24) is 15.5 Å². The molecule has 0 saturated heterocycles. The Morgan fingerprint density at radius 3 is 2.47 bits per heavy atom. The van der Waals surface area contributed by atoms with E-state index in [-0.39, 0.29) is 30.3 Å². The van der Waals surface area contributed by atoms with Crippen molar-refractivity contribution in [2.75, 3.05) is 17.1 Å². The Kier molecular flexibility index (Phi) is 8.52. The fourth-order valence-electron chi connectivity index (χ4n) is 4.10. The molecule has 1 amide bonds. The van der Waals surface area contributed by atoms with E-state index in [0.717, 1.165) is 24.7 Å². The number of amides is 1. The van der Waals surface area contributed by atoms with Crippen LogP contribution in [-0.4, -0.2) is 43.4 Å². The minimum absolute atomic E-state index is 0.0299. The highest BCUT2D eigenvalue weighted by atomic mass is 32.2. The number of sulfonamides is 1. The summed E-state index contributed by atoms with van der Waals surface area (Å²) in [5, 5.41) is 11.3. The van der Waals surface area contributed by atoms with E-state index in [0.29, 0.717) is 23.2 Å². The fourth-order valence-corrected chi connectivity index (χ4v) is 5.05. The quantitative estimate of drug-likeness (QED) is 0.398. The number of carbonyl (C=O) groups is 1. The summed E-state index contributed by atoms with van der Waals surface area (Å²) in [6.07, 6.45) is 3.36. The number of anilines is 1. The molecule has 3 aromatic rings. The maximum Gasteiger partial charge on any atom is 0.251 e.